The highest BCUT2D eigenvalue weighted by molar-refractivity contribution is 7.19. The lowest BCUT2D eigenvalue weighted by Gasteiger charge is -2.24. The molecule has 0 aliphatic carbocycles. The smallest absolute Gasteiger partial charge is 0.0809 e. The molecule has 242 valence electrons. The number of hydrogen-bond acceptors (Lipinski definition) is 5. The average Bonchev–Trinajstić information content (AvgIpc) is 3.80. The van der Waals surface area contributed by atoms with E-state index in [0.29, 0.717) is 0 Å². The van der Waals surface area contributed by atoms with Gasteiger partial charge in [-0.25, -0.2) is 4.98 Å². The zero-order chi connectivity index (χ0) is 32.1. The molecule has 0 N–H and O–H groups in total. The Labute approximate surface area is 286 Å². The Morgan fingerprint density at radius 3 is 1.13 bits per heavy atom. The third-order valence-electron chi connectivity index (χ3n) is 8.63. The highest BCUT2D eigenvalue weighted by atomic mass is 32.1. The monoisotopic (exact) mass is 649 g/mol. The van der Waals surface area contributed by atoms with Crippen LogP contribution >= 0.6 is 22.7 Å². The van der Waals surface area contributed by atoms with E-state index in [2.05, 4.69) is 128 Å². The number of pyridine rings is 1. The SMILES string of the molecule is CCCCN(CCCC)c1ccc(-c2ccc(-c3cccc(-c4ccc(-c5ccc(N(CCCC)CCCC)cc5)s4)n3)s2)cc1. The second-order valence-corrected chi connectivity index (χ2v) is 14.4. The minimum Gasteiger partial charge on any atom is -0.372 e. The molecule has 0 unspecified atom stereocenters. The molecule has 2 aromatic carbocycles. The van der Waals surface area contributed by atoms with E-state index >= 15 is 0 Å². The predicted octanol–water partition coefficient (Wildman–Crippen LogP) is 12.7. The second kappa shape index (κ2) is 17.5. The predicted molar refractivity (Wildman–Crippen MR) is 206 cm³/mol. The summed E-state index contributed by atoms with van der Waals surface area (Å²) >= 11 is 3.65. The van der Waals surface area contributed by atoms with Gasteiger partial charge in [0.1, 0.15) is 0 Å². The van der Waals surface area contributed by atoms with E-state index in [1.54, 1.807) is 0 Å². The number of aromatic nitrogens is 1. The Morgan fingerprint density at radius 1 is 0.435 bits per heavy atom. The van der Waals surface area contributed by atoms with E-state index < -0.39 is 0 Å². The number of hydrogen-bond donors (Lipinski definition) is 0. The van der Waals surface area contributed by atoms with Gasteiger partial charge in [0.15, 0.2) is 0 Å². The first-order valence-corrected chi connectivity index (χ1v) is 19.1. The van der Waals surface area contributed by atoms with Gasteiger partial charge in [0.25, 0.3) is 0 Å². The molecule has 0 spiro atoms. The van der Waals surface area contributed by atoms with Crippen LogP contribution in [0.4, 0.5) is 11.4 Å². The van der Waals surface area contributed by atoms with E-state index in [-0.39, 0.29) is 0 Å². The van der Waals surface area contributed by atoms with Gasteiger partial charge >= 0.3 is 0 Å². The standard InChI is InChI=1S/C41H51N3S2/c1-5-9-28-43(29-10-6-2)34-20-16-32(17-21-34)38-24-26-40(45-38)36-14-13-15-37(42-36)41-27-25-39(46-41)33-18-22-35(23-19-33)44(30-11-7-3)31-12-8-4/h13-27H,5-12,28-31H2,1-4H3. The molecule has 0 aliphatic rings. The fourth-order valence-corrected chi connectivity index (χ4v) is 7.74. The fourth-order valence-electron chi connectivity index (χ4n) is 5.78. The molecule has 3 nitrogen and oxygen atoms in total. The largest absolute Gasteiger partial charge is 0.372 e. The third-order valence-corrected chi connectivity index (χ3v) is 10.9. The summed E-state index contributed by atoms with van der Waals surface area (Å²) in [5.41, 5.74) is 7.29. The molecule has 0 radical (unpaired) electrons. The Bertz CT molecular complexity index is 1470. The highest BCUT2D eigenvalue weighted by Gasteiger charge is 2.12. The molecule has 0 amide bonds. The summed E-state index contributed by atoms with van der Waals surface area (Å²) in [5.74, 6) is 0. The maximum atomic E-state index is 5.12. The number of nitrogens with zero attached hydrogens (tertiary/aromatic N) is 3. The first kappa shape index (κ1) is 33.9. The molecule has 5 aromatic rings. The summed E-state index contributed by atoms with van der Waals surface area (Å²) in [6.45, 7) is 13.6. The van der Waals surface area contributed by atoms with Crippen LogP contribution in [-0.2, 0) is 0 Å². The van der Waals surface area contributed by atoms with Crippen molar-refractivity contribution in [3.8, 4) is 42.0 Å². The zero-order valence-electron chi connectivity index (χ0n) is 28.3. The van der Waals surface area contributed by atoms with Crippen molar-refractivity contribution in [2.24, 2.45) is 0 Å². The van der Waals surface area contributed by atoms with Crippen LogP contribution < -0.4 is 9.80 Å². The normalized spacial score (nSPS) is 11.2. The Kier molecular flexibility index (Phi) is 12.9. The number of thiophene rings is 2. The highest BCUT2D eigenvalue weighted by Crippen LogP contribution is 2.38. The minimum atomic E-state index is 1.04. The lowest BCUT2D eigenvalue weighted by molar-refractivity contribution is 0.678. The molecule has 0 fully saturated rings. The molecule has 3 aromatic heterocycles. The number of benzene rings is 2. The lowest BCUT2D eigenvalue weighted by atomic mass is 10.1. The van der Waals surface area contributed by atoms with E-state index in [9.17, 15) is 0 Å². The zero-order valence-corrected chi connectivity index (χ0v) is 29.9. The second-order valence-electron chi connectivity index (χ2n) is 12.2. The summed E-state index contributed by atoms with van der Waals surface area (Å²) in [6.07, 6.45) is 9.87. The van der Waals surface area contributed by atoms with Gasteiger partial charge < -0.3 is 9.80 Å². The third kappa shape index (κ3) is 8.89. The van der Waals surface area contributed by atoms with Gasteiger partial charge in [0.2, 0.25) is 0 Å². The first-order chi connectivity index (χ1) is 22.6. The van der Waals surface area contributed by atoms with Crippen molar-refractivity contribution in [2.75, 3.05) is 36.0 Å². The molecule has 0 saturated carbocycles. The number of unbranched alkanes of at least 4 members (excludes halogenated alkanes) is 4. The van der Waals surface area contributed by atoms with Gasteiger partial charge in [-0.15, -0.1) is 22.7 Å². The van der Waals surface area contributed by atoms with E-state index in [4.69, 9.17) is 4.98 Å². The molecule has 5 rings (SSSR count). The van der Waals surface area contributed by atoms with Gasteiger partial charge in [0.05, 0.1) is 21.1 Å². The molecule has 0 atom stereocenters. The maximum absolute atomic E-state index is 5.12. The molecular weight excluding hydrogens is 599 g/mol. The van der Waals surface area contributed by atoms with Crippen LogP contribution in [0.5, 0.6) is 0 Å². The van der Waals surface area contributed by atoms with Crippen molar-refractivity contribution in [2.45, 2.75) is 79.1 Å². The van der Waals surface area contributed by atoms with Crippen LogP contribution in [0.2, 0.25) is 0 Å². The summed E-state index contributed by atoms with van der Waals surface area (Å²) in [7, 11) is 0. The Hall–Kier alpha value is -3.41. The summed E-state index contributed by atoms with van der Waals surface area (Å²) in [5, 5.41) is 0. The molecule has 3 heterocycles. The van der Waals surface area contributed by atoms with Crippen molar-refractivity contribution < 1.29 is 0 Å². The van der Waals surface area contributed by atoms with Crippen molar-refractivity contribution in [1.29, 1.82) is 0 Å². The van der Waals surface area contributed by atoms with Crippen molar-refractivity contribution in [1.82, 2.24) is 4.98 Å². The molecule has 46 heavy (non-hydrogen) atoms. The topological polar surface area (TPSA) is 19.4 Å². The summed E-state index contributed by atoms with van der Waals surface area (Å²) < 4.78 is 0. The molecule has 0 bridgehead atoms. The maximum Gasteiger partial charge on any atom is 0.0809 e. The molecule has 0 aliphatic heterocycles. The first-order valence-electron chi connectivity index (χ1n) is 17.5. The van der Waals surface area contributed by atoms with Crippen LogP contribution in [0.3, 0.4) is 0 Å². The fraction of sp³-hybridized carbons (Fsp3) is 0.390. The van der Waals surface area contributed by atoms with Crippen LogP contribution in [0.15, 0.2) is 91.0 Å². The molecule has 0 saturated heterocycles. The van der Waals surface area contributed by atoms with E-state index in [0.717, 1.165) is 37.6 Å². The minimum absolute atomic E-state index is 1.04. The van der Waals surface area contributed by atoms with Gasteiger partial charge in [-0.05, 0) is 97.5 Å². The average molecular weight is 650 g/mol. The van der Waals surface area contributed by atoms with Crippen molar-refractivity contribution in [3.63, 3.8) is 0 Å². The van der Waals surface area contributed by atoms with Crippen molar-refractivity contribution >= 4 is 34.0 Å². The van der Waals surface area contributed by atoms with Crippen molar-refractivity contribution in [3.05, 3.63) is 91.0 Å². The Balaban J connectivity index is 1.28. The molecule has 5 heteroatoms. The lowest BCUT2D eigenvalue weighted by Crippen LogP contribution is -2.25. The van der Waals surface area contributed by atoms with Gasteiger partial charge in [0, 0.05) is 47.3 Å². The number of rotatable bonds is 18. The molecular formula is C41H51N3S2. The van der Waals surface area contributed by atoms with Crippen LogP contribution in [0.25, 0.3) is 42.0 Å². The van der Waals surface area contributed by atoms with Crippen LogP contribution in [0.1, 0.15) is 79.1 Å². The Morgan fingerprint density at radius 2 is 0.783 bits per heavy atom. The van der Waals surface area contributed by atoms with Gasteiger partial charge in [-0.3, -0.25) is 0 Å². The van der Waals surface area contributed by atoms with E-state index in [1.807, 2.05) is 22.7 Å². The van der Waals surface area contributed by atoms with Gasteiger partial charge in [-0.2, -0.15) is 0 Å². The summed E-state index contributed by atoms with van der Waals surface area (Å²) in [6, 6.07) is 33.7. The van der Waals surface area contributed by atoms with Gasteiger partial charge in [-0.1, -0.05) is 83.7 Å². The number of anilines is 2. The van der Waals surface area contributed by atoms with Crippen LogP contribution in [-0.4, -0.2) is 31.2 Å². The van der Waals surface area contributed by atoms with E-state index in [1.165, 1.54) is 93.4 Å². The van der Waals surface area contributed by atoms with Crippen LogP contribution in [0, 0.1) is 0 Å². The quantitative estimate of drug-likeness (QED) is 0.0941. The summed E-state index contributed by atoms with van der Waals surface area (Å²) in [4.78, 5) is 15.2.